The second-order valence-corrected chi connectivity index (χ2v) is 4.26. The smallest absolute Gasteiger partial charge is 0.219 e. The normalized spacial score (nSPS) is 19.8. The van der Waals surface area contributed by atoms with Crippen molar-refractivity contribution in [1.29, 1.82) is 0 Å². The van der Waals surface area contributed by atoms with Gasteiger partial charge in [-0.25, -0.2) is 0 Å². The molecule has 1 aliphatic heterocycles. The number of carbonyl (C=O) groups excluding carboxylic acids is 1. The van der Waals surface area contributed by atoms with Gasteiger partial charge in [-0.05, 0) is 25.0 Å². The number of nitrogens with one attached hydrogen (secondary N) is 1. The number of carbonyl (C=O) groups is 1. The van der Waals surface area contributed by atoms with Gasteiger partial charge in [0.05, 0.1) is 0 Å². The van der Waals surface area contributed by atoms with Gasteiger partial charge in [0.1, 0.15) is 0 Å². The first kappa shape index (κ1) is 11.0. The van der Waals surface area contributed by atoms with Crippen LogP contribution in [0.2, 0.25) is 0 Å². The first-order valence-corrected chi connectivity index (χ1v) is 5.83. The van der Waals surface area contributed by atoms with E-state index in [9.17, 15) is 4.79 Å². The highest BCUT2D eigenvalue weighted by atomic mass is 16.2. The van der Waals surface area contributed by atoms with E-state index in [-0.39, 0.29) is 5.91 Å². The maximum Gasteiger partial charge on any atom is 0.219 e. The molecule has 0 spiro atoms. The largest absolute Gasteiger partial charge is 0.383 e. The van der Waals surface area contributed by atoms with Crippen LogP contribution < -0.4 is 5.32 Å². The molecule has 3 heteroatoms. The van der Waals surface area contributed by atoms with Gasteiger partial charge in [0.2, 0.25) is 5.91 Å². The summed E-state index contributed by atoms with van der Waals surface area (Å²) in [5, 5.41) is 3.38. The fraction of sp³-hybridized carbons (Fsp3) is 0.462. The maximum atomic E-state index is 11.4. The molecule has 1 saturated heterocycles. The third kappa shape index (κ3) is 2.54. The Kier molecular flexibility index (Phi) is 3.44. The summed E-state index contributed by atoms with van der Waals surface area (Å²) in [6.07, 6.45) is 2.24. The van der Waals surface area contributed by atoms with Gasteiger partial charge in [-0.15, -0.1) is 0 Å². The summed E-state index contributed by atoms with van der Waals surface area (Å²) in [5.74, 6) is 0.192. The summed E-state index contributed by atoms with van der Waals surface area (Å²) in [6, 6.07) is 10.5. The van der Waals surface area contributed by atoms with E-state index < -0.39 is 0 Å². The number of hydrogen-bond donors (Lipinski definition) is 1. The van der Waals surface area contributed by atoms with Crippen molar-refractivity contribution in [1.82, 2.24) is 4.90 Å². The zero-order valence-corrected chi connectivity index (χ0v) is 9.65. The van der Waals surface area contributed by atoms with Gasteiger partial charge in [-0.1, -0.05) is 18.2 Å². The number of anilines is 1. The molecule has 2 rings (SSSR count). The molecule has 1 atom stereocenters. The van der Waals surface area contributed by atoms with Crippen LogP contribution in [0.15, 0.2) is 30.3 Å². The third-order valence-electron chi connectivity index (χ3n) is 3.10. The van der Waals surface area contributed by atoms with Crippen LogP contribution >= 0.6 is 0 Å². The second-order valence-electron chi connectivity index (χ2n) is 4.26. The lowest BCUT2D eigenvalue weighted by Crippen LogP contribution is -2.38. The fourth-order valence-electron chi connectivity index (χ4n) is 2.25. The van der Waals surface area contributed by atoms with Gasteiger partial charge in [-0.3, -0.25) is 4.79 Å². The monoisotopic (exact) mass is 218 g/mol. The Morgan fingerprint density at radius 2 is 2.19 bits per heavy atom. The molecule has 0 aliphatic carbocycles. The minimum Gasteiger partial charge on any atom is -0.383 e. The van der Waals surface area contributed by atoms with Gasteiger partial charge < -0.3 is 10.2 Å². The molecule has 1 fully saturated rings. The van der Waals surface area contributed by atoms with Crippen LogP contribution in [0.4, 0.5) is 5.69 Å². The number of amides is 1. The Morgan fingerprint density at radius 3 is 2.88 bits per heavy atom. The van der Waals surface area contributed by atoms with E-state index in [4.69, 9.17) is 0 Å². The summed E-state index contributed by atoms with van der Waals surface area (Å²) < 4.78 is 0. The lowest BCUT2D eigenvalue weighted by Gasteiger charge is -2.23. The first-order valence-electron chi connectivity index (χ1n) is 5.83. The fourth-order valence-corrected chi connectivity index (χ4v) is 2.25. The number of hydrogen-bond acceptors (Lipinski definition) is 2. The standard InChI is InChI=1S/C13H18N2O/c1-11(16)15-9-5-8-13(15)10-14-12-6-3-2-4-7-12/h2-4,6-7,13-14H,5,8-10H2,1H3. The predicted octanol–water partition coefficient (Wildman–Crippen LogP) is 2.11. The third-order valence-corrected chi connectivity index (χ3v) is 3.10. The number of nitrogens with zero attached hydrogens (tertiary/aromatic N) is 1. The highest BCUT2D eigenvalue weighted by Crippen LogP contribution is 2.18. The highest BCUT2D eigenvalue weighted by Gasteiger charge is 2.25. The minimum absolute atomic E-state index is 0.192. The Morgan fingerprint density at radius 1 is 1.44 bits per heavy atom. The molecule has 0 radical (unpaired) electrons. The first-order chi connectivity index (χ1) is 7.77. The average molecular weight is 218 g/mol. The molecule has 86 valence electrons. The molecule has 1 amide bonds. The molecule has 1 N–H and O–H groups in total. The van der Waals surface area contributed by atoms with Crippen molar-refractivity contribution in [3.8, 4) is 0 Å². The topological polar surface area (TPSA) is 32.3 Å². The highest BCUT2D eigenvalue weighted by molar-refractivity contribution is 5.74. The van der Waals surface area contributed by atoms with Crippen LogP contribution in [0.1, 0.15) is 19.8 Å². The summed E-state index contributed by atoms with van der Waals surface area (Å²) in [4.78, 5) is 13.3. The number of para-hydroxylation sites is 1. The number of benzene rings is 1. The quantitative estimate of drug-likeness (QED) is 0.842. The molecule has 0 aromatic heterocycles. The van der Waals surface area contributed by atoms with E-state index >= 15 is 0 Å². The second kappa shape index (κ2) is 5.01. The molecule has 0 saturated carbocycles. The molecule has 3 nitrogen and oxygen atoms in total. The Bertz CT molecular complexity index is 350. The zero-order valence-electron chi connectivity index (χ0n) is 9.65. The minimum atomic E-state index is 0.192. The number of likely N-dealkylation sites (tertiary alicyclic amines) is 1. The maximum absolute atomic E-state index is 11.4. The summed E-state index contributed by atoms with van der Waals surface area (Å²) >= 11 is 0. The molecular formula is C13H18N2O. The van der Waals surface area contributed by atoms with Gasteiger partial charge in [0.25, 0.3) is 0 Å². The van der Waals surface area contributed by atoms with Crippen LogP contribution in [-0.4, -0.2) is 29.9 Å². The average Bonchev–Trinajstić information content (AvgIpc) is 2.76. The summed E-state index contributed by atoms with van der Waals surface area (Å²) in [5.41, 5.74) is 1.12. The van der Waals surface area contributed by atoms with Crippen LogP contribution in [0.5, 0.6) is 0 Å². The summed E-state index contributed by atoms with van der Waals surface area (Å²) in [6.45, 7) is 3.42. The van der Waals surface area contributed by atoms with Crippen LogP contribution in [-0.2, 0) is 4.79 Å². The SMILES string of the molecule is CC(=O)N1CCCC1CNc1ccccc1. The van der Waals surface area contributed by atoms with Crippen LogP contribution in [0.25, 0.3) is 0 Å². The molecule has 1 aromatic carbocycles. The van der Waals surface area contributed by atoms with E-state index in [1.807, 2.05) is 35.2 Å². The van der Waals surface area contributed by atoms with Gasteiger partial charge in [0.15, 0.2) is 0 Å². The lowest BCUT2D eigenvalue weighted by molar-refractivity contribution is -0.129. The molecule has 1 aliphatic rings. The van der Waals surface area contributed by atoms with Crippen LogP contribution in [0, 0.1) is 0 Å². The molecule has 1 heterocycles. The van der Waals surface area contributed by atoms with Crippen molar-refractivity contribution in [2.75, 3.05) is 18.4 Å². The lowest BCUT2D eigenvalue weighted by atomic mass is 10.2. The Labute approximate surface area is 96.5 Å². The van der Waals surface area contributed by atoms with Crippen molar-refractivity contribution in [3.63, 3.8) is 0 Å². The molecule has 1 aromatic rings. The van der Waals surface area contributed by atoms with Crippen molar-refractivity contribution in [3.05, 3.63) is 30.3 Å². The summed E-state index contributed by atoms with van der Waals surface area (Å²) in [7, 11) is 0. The molecule has 1 unspecified atom stereocenters. The van der Waals surface area contributed by atoms with Crippen molar-refractivity contribution in [2.24, 2.45) is 0 Å². The van der Waals surface area contributed by atoms with Crippen molar-refractivity contribution >= 4 is 11.6 Å². The van der Waals surface area contributed by atoms with Crippen LogP contribution in [0.3, 0.4) is 0 Å². The number of rotatable bonds is 3. The molecule has 0 bridgehead atoms. The van der Waals surface area contributed by atoms with E-state index in [1.54, 1.807) is 6.92 Å². The van der Waals surface area contributed by atoms with Gasteiger partial charge >= 0.3 is 0 Å². The molecule has 16 heavy (non-hydrogen) atoms. The Balaban J connectivity index is 1.88. The van der Waals surface area contributed by atoms with Crippen molar-refractivity contribution < 1.29 is 4.79 Å². The Hall–Kier alpha value is -1.51. The zero-order chi connectivity index (χ0) is 11.4. The van der Waals surface area contributed by atoms with Gasteiger partial charge in [0, 0.05) is 31.7 Å². The van der Waals surface area contributed by atoms with Crippen molar-refractivity contribution in [2.45, 2.75) is 25.8 Å². The van der Waals surface area contributed by atoms with E-state index in [0.29, 0.717) is 6.04 Å². The van der Waals surface area contributed by atoms with Gasteiger partial charge in [-0.2, -0.15) is 0 Å². The molecular weight excluding hydrogens is 200 g/mol. The van der Waals surface area contributed by atoms with E-state index in [0.717, 1.165) is 31.6 Å². The van der Waals surface area contributed by atoms with E-state index in [1.165, 1.54) is 0 Å². The predicted molar refractivity (Wildman–Crippen MR) is 65.3 cm³/mol. The van der Waals surface area contributed by atoms with E-state index in [2.05, 4.69) is 5.32 Å².